The molecule has 35 heavy (non-hydrogen) atoms. The van der Waals surface area contributed by atoms with Gasteiger partial charge in [0.2, 0.25) is 0 Å². The number of anilines is 1. The molecule has 6 heteroatoms. The molecule has 178 valence electrons. The molecule has 4 aromatic rings. The van der Waals surface area contributed by atoms with Crippen molar-refractivity contribution in [3.05, 3.63) is 96.1 Å². The van der Waals surface area contributed by atoms with Crippen molar-refractivity contribution >= 4 is 22.4 Å². The highest BCUT2D eigenvalue weighted by molar-refractivity contribution is 5.86. The van der Waals surface area contributed by atoms with Crippen LogP contribution in [0.25, 0.3) is 21.9 Å². The number of rotatable bonds is 7. The van der Waals surface area contributed by atoms with Crippen molar-refractivity contribution in [2.75, 3.05) is 18.0 Å². The van der Waals surface area contributed by atoms with Gasteiger partial charge in [-0.2, -0.15) is 0 Å². The lowest BCUT2D eigenvalue weighted by molar-refractivity contribution is -0.136. The van der Waals surface area contributed by atoms with Crippen LogP contribution in [0.5, 0.6) is 0 Å². The van der Waals surface area contributed by atoms with Crippen molar-refractivity contribution in [2.45, 2.75) is 31.8 Å². The fraction of sp³-hybridized carbons (Fsp3) is 0.241. The van der Waals surface area contributed by atoms with Gasteiger partial charge in [0.15, 0.2) is 0 Å². The fourth-order valence-electron chi connectivity index (χ4n) is 5.13. The zero-order valence-corrected chi connectivity index (χ0v) is 19.6. The van der Waals surface area contributed by atoms with Crippen molar-refractivity contribution in [1.82, 2.24) is 10.3 Å². The normalized spacial score (nSPS) is 16.5. The summed E-state index contributed by atoms with van der Waals surface area (Å²) in [5.41, 5.74) is 4.21. The number of benzene rings is 3. The van der Waals surface area contributed by atoms with Gasteiger partial charge in [0.1, 0.15) is 5.82 Å². The Labute approximate surface area is 204 Å². The molecule has 0 saturated carbocycles. The summed E-state index contributed by atoms with van der Waals surface area (Å²) >= 11 is 0. The maximum absolute atomic E-state index is 13.7. The summed E-state index contributed by atoms with van der Waals surface area (Å²) in [6.07, 6.45) is 3.57. The molecule has 5 rings (SSSR count). The quantitative estimate of drug-likeness (QED) is 0.369. The van der Waals surface area contributed by atoms with E-state index in [1.807, 2.05) is 18.2 Å². The van der Waals surface area contributed by atoms with Crippen LogP contribution in [-0.2, 0) is 11.2 Å². The van der Waals surface area contributed by atoms with Crippen LogP contribution in [0, 0.1) is 5.82 Å². The van der Waals surface area contributed by atoms with E-state index in [4.69, 9.17) is 0 Å². The summed E-state index contributed by atoms with van der Waals surface area (Å²) in [4.78, 5) is 17.7. The Balaban J connectivity index is 1.33. The summed E-state index contributed by atoms with van der Waals surface area (Å²) < 4.78 is 13.7. The monoisotopic (exact) mass is 469 g/mol. The molecule has 2 atom stereocenters. The van der Waals surface area contributed by atoms with E-state index in [0.717, 1.165) is 31.4 Å². The summed E-state index contributed by atoms with van der Waals surface area (Å²) in [5, 5.41) is 15.8. The number of carboxylic acids is 1. The Bertz CT molecular complexity index is 1370. The van der Waals surface area contributed by atoms with Crippen molar-refractivity contribution < 1.29 is 14.3 Å². The number of aliphatic carboxylic acids is 1. The predicted molar refractivity (Wildman–Crippen MR) is 137 cm³/mol. The lowest BCUT2D eigenvalue weighted by atomic mass is 9.98. The van der Waals surface area contributed by atoms with Crippen LogP contribution in [0.15, 0.2) is 79.1 Å². The first kappa shape index (κ1) is 23.0. The van der Waals surface area contributed by atoms with Crippen LogP contribution in [0.4, 0.5) is 10.1 Å². The highest BCUT2D eigenvalue weighted by Gasteiger charge is 2.25. The van der Waals surface area contributed by atoms with Crippen LogP contribution in [0.2, 0.25) is 0 Å². The second kappa shape index (κ2) is 9.84. The molecule has 5 nitrogen and oxygen atoms in total. The number of pyridine rings is 1. The number of carboxylic acid groups (broad SMARTS) is 1. The highest BCUT2D eigenvalue weighted by atomic mass is 19.1. The van der Waals surface area contributed by atoms with Gasteiger partial charge in [-0.1, -0.05) is 48.5 Å². The van der Waals surface area contributed by atoms with E-state index in [2.05, 4.69) is 64.6 Å². The van der Waals surface area contributed by atoms with E-state index in [1.165, 1.54) is 22.4 Å². The van der Waals surface area contributed by atoms with Crippen LogP contribution >= 0.6 is 0 Å². The van der Waals surface area contributed by atoms with Gasteiger partial charge in [0.05, 0.1) is 12.6 Å². The van der Waals surface area contributed by atoms with Gasteiger partial charge < -0.3 is 15.3 Å². The van der Waals surface area contributed by atoms with E-state index in [9.17, 15) is 14.3 Å². The number of carbonyl (C=O) groups is 1. The van der Waals surface area contributed by atoms with E-state index in [-0.39, 0.29) is 12.5 Å². The molecule has 0 spiro atoms. The largest absolute Gasteiger partial charge is 0.481 e. The third-order valence-electron chi connectivity index (χ3n) is 6.78. The predicted octanol–water partition coefficient (Wildman–Crippen LogP) is 5.60. The molecular formula is C29H28FN3O2. The topological polar surface area (TPSA) is 65.5 Å². The molecule has 2 N–H and O–H groups in total. The Morgan fingerprint density at radius 1 is 1.14 bits per heavy atom. The summed E-state index contributed by atoms with van der Waals surface area (Å²) in [5.74, 6) is -1.36. The third-order valence-corrected chi connectivity index (χ3v) is 6.78. The Kier molecular flexibility index (Phi) is 6.47. The molecule has 3 aromatic carbocycles. The number of halogens is 1. The molecule has 0 amide bonds. The second-order valence-corrected chi connectivity index (χ2v) is 9.19. The molecule has 1 saturated heterocycles. The number of fused-ring (bicyclic) bond motifs is 1. The minimum Gasteiger partial charge on any atom is -0.481 e. The van der Waals surface area contributed by atoms with Crippen molar-refractivity contribution in [3.63, 3.8) is 0 Å². The minimum absolute atomic E-state index is 0.132. The van der Waals surface area contributed by atoms with Crippen LogP contribution in [0.1, 0.15) is 30.5 Å². The molecule has 1 fully saturated rings. The van der Waals surface area contributed by atoms with Gasteiger partial charge >= 0.3 is 5.97 Å². The zero-order chi connectivity index (χ0) is 24.4. The fourth-order valence-corrected chi connectivity index (χ4v) is 5.13. The van der Waals surface area contributed by atoms with Crippen LogP contribution in [-0.4, -0.2) is 35.2 Å². The molecule has 0 bridgehead atoms. The minimum atomic E-state index is -0.919. The van der Waals surface area contributed by atoms with Gasteiger partial charge in [0.25, 0.3) is 0 Å². The highest BCUT2D eigenvalue weighted by Crippen LogP contribution is 2.31. The molecule has 0 aliphatic carbocycles. The molecule has 0 radical (unpaired) electrons. The molecule has 1 aromatic heterocycles. The van der Waals surface area contributed by atoms with E-state index < -0.39 is 11.8 Å². The Morgan fingerprint density at radius 2 is 1.97 bits per heavy atom. The van der Waals surface area contributed by atoms with Gasteiger partial charge in [-0.3, -0.25) is 9.78 Å². The number of nitrogens with one attached hydrogen (secondary N) is 1. The zero-order valence-electron chi connectivity index (χ0n) is 19.6. The molecule has 0 unspecified atom stereocenters. The average molecular weight is 470 g/mol. The van der Waals surface area contributed by atoms with Gasteiger partial charge in [0, 0.05) is 42.6 Å². The lowest BCUT2D eigenvalue weighted by Crippen LogP contribution is -2.34. The smallest absolute Gasteiger partial charge is 0.307 e. The standard InChI is InChI=1S/C29H28FN3O2/c1-19(26-8-4-6-20-5-2-3-7-28(20)26)32-24-11-12-33(18-24)25-9-10-27(21(14-25)15-29(34)35)22-13-23(30)17-31-16-22/h2-10,13-14,16-17,19,24,32H,11-12,15,18H2,1H3,(H,34,35)/t19-,24+/m1/s1. The molecule has 1 aliphatic rings. The van der Waals surface area contributed by atoms with Gasteiger partial charge in [-0.15, -0.1) is 0 Å². The third kappa shape index (κ3) is 5.03. The van der Waals surface area contributed by atoms with Crippen molar-refractivity contribution in [3.8, 4) is 11.1 Å². The summed E-state index contributed by atoms with van der Waals surface area (Å²) in [6.45, 7) is 3.92. The lowest BCUT2D eigenvalue weighted by Gasteiger charge is -2.23. The van der Waals surface area contributed by atoms with Gasteiger partial charge in [-0.05, 0) is 59.0 Å². The summed E-state index contributed by atoms with van der Waals surface area (Å²) in [7, 11) is 0. The van der Waals surface area contributed by atoms with E-state index >= 15 is 0 Å². The molecular weight excluding hydrogens is 441 g/mol. The van der Waals surface area contributed by atoms with E-state index in [0.29, 0.717) is 22.7 Å². The first-order valence-corrected chi connectivity index (χ1v) is 11.9. The van der Waals surface area contributed by atoms with Gasteiger partial charge in [-0.25, -0.2) is 4.39 Å². The van der Waals surface area contributed by atoms with Crippen LogP contribution in [0.3, 0.4) is 0 Å². The number of hydrogen-bond donors (Lipinski definition) is 2. The number of nitrogens with zero attached hydrogens (tertiary/aromatic N) is 2. The number of aromatic nitrogens is 1. The first-order valence-electron chi connectivity index (χ1n) is 11.9. The molecule has 2 heterocycles. The molecule has 1 aliphatic heterocycles. The second-order valence-electron chi connectivity index (χ2n) is 9.19. The maximum Gasteiger partial charge on any atom is 0.307 e. The maximum atomic E-state index is 13.7. The SMILES string of the molecule is C[C@@H](N[C@H]1CCN(c2ccc(-c3cncc(F)c3)c(CC(=O)O)c2)C1)c1cccc2ccccc12. The average Bonchev–Trinajstić information content (AvgIpc) is 3.31. The number of hydrogen-bond acceptors (Lipinski definition) is 4. The van der Waals surface area contributed by atoms with E-state index in [1.54, 1.807) is 6.20 Å². The van der Waals surface area contributed by atoms with Crippen LogP contribution < -0.4 is 10.2 Å². The van der Waals surface area contributed by atoms with Crippen molar-refractivity contribution in [2.24, 2.45) is 0 Å². The Hall–Kier alpha value is -3.77. The van der Waals surface area contributed by atoms with Crippen molar-refractivity contribution in [1.29, 1.82) is 0 Å². The first-order chi connectivity index (χ1) is 17.0. The summed E-state index contributed by atoms with van der Waals surface area (Å²) in [6, 6.07) is 22.6. The Morgan fingerprint density at radius 3 is 2.80 bits per heavy atom.